The van der Waals surface area contributed by atoms with Gasteiger partial charge in [-0.05, 0) is 42.0 Å². The van der Waals surface area contributed by atoms with Crippen LogP contribution in [0.25, 0.3) is 5.57 Å². The van der Waals surface area contributed by atoms with Gasteiger partial charge in [-0.25, -0.2) is 0 Å². The van der Waals surface area contributed by atoms with E-state index in [-0.39, 0.29) is 36.2 Å². The summed E-state index contributed by atoms with van der Waals surface area (Å²) in [4.78, 5) is 40.4. The molecule has 2 amide bonds. The van der Waals surface area contributed by atoms with Gasteiger partial charge in [0.2, 0.25) is 0 Å². The predicted octanol–water partition coefficient (Wildman–Crippen LogP) is 2.58. The molecule has 0 aliphatic carbocycles. The number of non-ortho nitro benzene ring substituents is 1. The van der Waals surface area contributed by atoms with Gasteiger partial charge < -0.3 is 10.0 Å². The van der Waals surface area contributed by atoms with Crippen LogP contribution in [-0.2, 0) is 16.1 Å². The van der Waals surface area contributed by atoms with Gasteiger partial charge in [0.1, 0.15) is 5.70 Å². The molecule has 2 aromatic carbocycles. The maximum absolute atomic E-state index is 13.4. The normalized spacial score (nSPS) is 19.3. The Morgan fingerprint density at radius 2 is 1.74 bits per heavy atom. The summed E-state index contributed by atoms with van der Waals surface area (Å²) in [7, 11) is 0. The fraction of sp³-hybridized carbons (Fsp3) is 0.304. The van der Waals surface area contributed by atoms with Gasteiger partial charge in [-0.15, -0.1) is 0 Å². The van der Waals surface area contributed by atoms with Gasteiger partial charge in [0, 0.05) is 31.8 Å². The van der Waals surface area contributed by atoms with Crippen molar-refractivity contribution in [2.75, 3.05) is 19.7 Å². The Hall–Kier alpha value is -3.52. The second kappa shape index (κ2) is 8.69. The van der Waals surface area contributed by atoms with Crippen molar-refractivity contribution in [3.8, 4) is 0 Å². The molecule has 0 saturated carbocycles. The maximum Gasteiger partial charge on any atom is 0.278 e. The van der Waals surface area contributed by atoms with Crippen LogP contribution in [0, 0.1) is 16.0 Å². The minimum absolute atomic E-state index is 0.0203. The quantitative estimate of drug-likeness (QED) is 0.437. The van der Waals surface area contributed by atoms with Crippen molar-refractivity contribution in [2.24, 2.45) is 5.92 Å². The molecule has 2 aromatic rings. The number of aliphatic hydroxyl groups excluding tert-OH is 1. The summed E-state index contributed by atoms with van der Waals surface area (Å²) in [6.07, 6.45) is 1.67. The van der Waals surface area contributed by atoms with E-state index in [1.54, 1.807) is 0 Å². The van der Waals surface area contributed by atoms with E-state index in [1.165, 1.54) is 29.2 Å². The third kappa shape index (κ3) is 4.06. The number of benzene rings is 2. The van der Waals surface area contributed by atoms with Crippen LogP contribution in [0.15, 0.2) is 60.3 Å². The molecule has 1 unspecified atom stereocenters. The van der Waals surface area contributed by atoms with Crippen molar-refractivity contribution in [2.45, 2.75) is 19.4 Å². The molecule has 0 bridgehead atoms. The number of nitro benzene ring substituents is 1. The molecule has 4 rings (SSSR count). The van der Waals surface area contributed by atoms with Crippen LogP contribution in [0.5, 0.6) is 0 Å². The number of carbonyl (C=O) groups is 2. The van der Waals surface area contributed by atoms with Crippen molar-refractivity contribution in [3.63, 3.8) is 0 Å². The highest BCUT2D eigenvalue weighted by molar-refractivity contribution is 6.35. The minimum atomic E-state index is -0.501. The molecule has 0 aromatic heterocycles. The molecule has 1 saturated heterocycles. The number of piperidine rings is 1. The monoisotopic (exact) mass is 421 g/mol. The van der Waals surface area contributed by atoms with E-state index >= 15 is 0 Å². The highest BCUT2D eigenvalue weighted by Gasteiger charge is 2.42. The molecule has 8 nitrogen and oxygen atoms in total. The second-order valence-corrected chi connectivity index (χ2v) is 7.85. The molecule has 1 N–H and O–H groups in total. The number of likely N-dealkylation sites (tertiary alicyclic amines) is 1. The number of aliphatic hydroxyl groups is 1. The molecule has 31 heavy (non-hydrogen) atoms. The van der Waals surface area contributed by atoms with E-state index in [1.807, 2.05) is 35.2 Å². The van der Waals surface area contributed by atoms with Crippen molar-refractivity contribution in [1.82, 2.24) is 9.80 Å². The molecule has 0 radical (unpaired) electrons. The number of carbonyl (C=O) groups excluding carboxylic acids is 2. The molecule has 2 heterocycles. The van der Waals surface area contributed by atoms with E-state index in [0.29, 0.717) is 24.4 Å². The maximum atomic E-state index is 13.4. The van der Waals surface area contributed by atoms with Crippen molar-refractivity contribution in [3.05, 3.63) is 81.5 Å². The van der Waals surface area contributed by atoms with Crippen LogP contribution in [0.3, 0.4) is 0 Å². The van der Waals surface area contributed by atoms with Crippen LogP contribution < -0.4 is 0 Å². The summed E-state index contributed by atoms with van der Waals surface area (Å²) < 4.78 is 0. The lowest BCUT2D eigenvalue weighted by Gasteiger charge is -2.34. The third-order valence-electron chi connectivity index (χ3n) is 5.79. The van der Waals surface area contributed by atoms with Gasteiger partial charge in [-0.3, -0.25) is 24.6 Å². The second-order valence-electron chi connectivity index (χ2n) is 7.85. The average molecular weight is 421 g/mol. The first-order valence-electron chi connectivity index (χ1n) is 10.2. The Morgan fingerprint density at radius 3 is 2.39 bits per heavy atom. The Labute approximate surface area is 179 Å². The smallest absolute Gasteiger partial charge is 0.278 e. The van der Waals surface area contributed by atoms with Crippen LogP contribution >= 0.6 is 0 Å². The van der Waals surface area contributed by atoms with E-state index in [4.69, 9.17) is 0 Å². The zero-order valence-corrected chi connectivity index (χ0v) is 16.9. The molecule has 2 aliphatic heterocycles. The lowest BCUT2D eigenvalue weighted by atomic mass is 9.97. The zero-order valence-electron chi connectivity index (χ0n) is 16.9. The first kappa shape index (κ1) is 20.7. The SMILES string of the molecule is O=C1C(c2ccc([N+](=O)[O-])cc2)=C(N2CCCC(CO)C2)C(=O)N1Cc1ccccc1. The van der Waals surface area contributed by atoms with Gasteiger partial charge in [-0.1, -0.05) is 30.3 Å². The number of imide groups is 1. The zero-order chi connectivity index (χ0) is 22.0. The topological polar surface area (TPSA) is 104 Å². The number of rotatable bonds is 6. The Kier molecular flexibility index (Phi) is 5.81. The van der Waals surface area contributed by atoms with Crippen LogP contribution in [-0.4, -0.2) is 51.3 Å². The van der Waals surface area contributed by atoms with E-state index in [9.17, 15) is 24.8 Å². The van der Waals surface area contributed by atoms with Gasteiger partial charge in [0.25, 0.3) is 17.5 Å². The van der Waals surface area contributed by atoms with Crippen LogP contribution in [0.2, 0.25) is 0 Å². The minimum Gasteiger partial charge on any atom is -0.396 e. The van der Waals surface area contributed by atoms with E-state index < -0.39 is 10.8 Å². The highest BCUT2D eigenvalue weighted by atomic mass is 16.6. The standard InChI is InChI=1S/C23H23N3O5/c27-15-17-7-4-12-24(13-17)21-20(18-8-10-19(11-9-18)26(30)31)22(28)25(23(21)29)14-16-5-2-1-3-6-16/h1-3,5-6,8-11,17,27H,4,7,12-15H2. The summed E-state index contributed by atoms with van der Waals surface area (Å²) >= 11 is 0. The third-order valence-corrected chi connectivity index (χ3v) is 5.79. The molecule has 160 valence electrons. The van der Waals surface area contributed by atoms with Crippen LogP contribution in [0.4, 0.5) is 5.69 Å². The van der Waals surface area contributed by atoms with Gasteiger partial charge >= 0.3 is 0 Å². The average Bonchev–Trinajstić information content (AvgIpc) is 3.04. The molecule has 0 spiro atoms. The van der Waals surface area contributed by atoms with Gasteiger partial charge in [0.05, 0.1) is 17.0 Å². The molecule has 1 fully saturated rings. The fourth-order valence-electron chi connectivity index (χ4n) is 4.19. The van der Waals surface area contributed by atoms with Crippen molar-refractivity contribution in [1.29, 1.82) is 0 Å². The molecular weight excluding hydrogens is 398 g/mol. The summed E-state index contributed by atoms with van der Waals surface area (Å²) in [5.74, 6) is -0.755. The number of nitrogens with zero attached hydrogens (tertiary/aromatic N) is 3. The van der Waals surface area contributed by atoms with E-state index in [2.05, 4.69) is 0 Å². The summed E-state index contributed by atoms with van der Waals surface area (Å²) in [5, 5.41) is 20.6. The summed E-state index contributed by atoms with van der Waals surface area (Å²) in [6.45, 7) is 1.27. The highest BCUT2D eigenvalue weighted by Crippen LogP contribution is 2.35. The number of nitro groups is 1. The van der Waals surface area contributed by atoms with E-state index in [0.717, 1.165) is 18.4 Å². The number of hydrogen-bond donors (Lipinski definition) is 1. The first-order valence-corrected chi connectivity index (χ1v) is 10.2. The first-order chi connectivity index (χ1) is 15.0. The molecular formula is C23H23N3O5. The fourth-order valence-corrected chi connectivity index (χ4v) is 4.19. The lowest BCUT2D eigenvalue weighted by Crippen LogP contribution is -2.40. The number of amides is 2. The molecule has 1 atom stereocenters. The Morgan fingerprint density at radius 1 is 1.03 bits per heavy atom. The summed E-state index contributed by atoms with van der Waals surface area (Å²) in [5.41, 5.74) is 1.80. The number of hydrogen-bond acceptors (Lipinski definition) is 6. The Bertz CT molecular complexity index is 1030. The van der Waals surface area contributed by atoms with Gasteiger partial charge in [-0.2, -0.15) is 0 Å². The van der Waals surface area contributed by atoms with Crippen LogP contribution in [0.1, 0.15) is 24.0 Å². The van der Waals surface area contributed by atoms with Gasteiger partial charge in [0.15, 0.2) is 0 Å². The predicted molar refractivity (Wildman–Crippen MR) is 113 cm³/mol. The van der Waals surface area contributed by atoms with Crippen molar-refractivity contribution >= 4 is 23.1 Å². The lowest BCUT2D eigenvalue weighted by molar-refractivity contribution is -0.384. The Balaban J connectivity index is 1.74. The summed E-state index contributed by atoms with van der Waals surface area (Å²) in [6, 6.07) is 15.0. The largest absolute Gasteiger partial charge is 0.396 e. The van der Waals surface area contributed by atoms with Crippen molar-refractivity contribution < 1.29 is 19.6 Å². The molecule has 2 aliphatic rings. The molecule has 8 heteroatoms.